The normalized spacial score (nSPS) is 11.2. The molecule has 0 unspecified atom stereocenters. The zero-order chi connectivity index (χ0) is 13.5. The number of benzene rings is 2. The van der Waals surface area contributed by atoms with E-state index in [2.05, 4.69) is 4.98 Å². The second kappa shape index (κ2) is 5.71. The molecular formula is C14H12NNaO3S. The number of fused-ring (bicyclic) bond motifs is 1. The predicted molar refractivity (Wildman–Crippen MR) is 74.7 cm³/mol. The van der Waals surface area contributed by atoms with Crippen LogP contribution in [0.15, 0.2) is 59.5 Å². The van der Waals surface area contributed by atoms with E-state index in [1.165, 1.54) is 12.1 Å². The molecule has 3 rings (SSSR count). The third-order valence-corrected chi connectivity index (χ3v) is 3.82. The fraction of sp³-hybridized carbons (Fsp3) is 0. The van der Waals surface area contributed by atoms with Crippen LogP contribution in [0.5, 0.6) is 0 Å². The summed E-state index contributed by atoms with van der Waals surface area (Å²) in [6, 6.07) is 16.1. The minimum atomic E-state index is -4.16. The van der Waals surface area contributed by atoms with Crippen LogP contribution in [0.3, 0.4) is 0 Å². The monoisotopic (exact) mass is 297 g/mol. The third kappa shape index (κ3) is 2.97. The topological polar surface area (TPSA) is 70.2 Å². The van der Waals surface area contributed by atoms with Gasteiger partial charge in [-0.3, -0.25) is 4.55 Å². The summed E-state index contributed by atoms with van der Waals surface area (Å²) in [5, 5.41) is 0.744. The van der Waals surface area contributed by atoms with E-state index < -0.39 is 10.1 Å². The van der Waals surface area contributed by atoms with Crippen LogP contribution in [0.25, 0.3) is 22.2 Å². The smallest absolute Gasteiger partial charge is 1.00 e. The Morgan fingerprint density at radius 3 is 2.35 bits per heavy atom. The minimum Gasteiger partial charge on any atom is -1.00 e. The molecule has 0 amide bonds. The molecule has 0 radical (unpaired) electrons. The first-order valence-electron chi connectivity index (χ1n) is 5.70. The molecular weight excluding hydrogens is 285 g/mol. The van der Waals surface area contributed by atoms with Gasteiger partial charge in [0.1, 0.15) is 0 Å². The summed E-state index contributed by atoms with van der Waals surface area (Å²) in [5.41, 5.74) is 2.75. The fourth-order valence-electron chi connectivity index (χ4n) is 2.04. The SMILES string of the molecule is O=S(=O)(O)c1ccc2[nH]c(-c3ccccc3)cc2c1.[H-].[Na+]. The van der Waals surface area contributed by atoms with Crippen LogP contribution in [0.1, 0.15) is 1.43 Å². The van der Waals surface area contributed by atoms with Crippen molar-refractivity contribution >= 4 is 21.0 Å². The molecule has 6 heteroatoms. The van der Waals surface area contributed by atoms with Gasteiger partial charge in [-0.05, 0) is 29.8 Å². The molecule has 2 N–H and O–H groups in total. The standard InChI is InChI=1S/C14H11NO3S.Na.H/c16-19(17,18)12-6-7-13-11(8-12)9-14(15-13)10-4-2-1-3-5-10;;/h1-9,15H,(H,16,17,18);;/q;+1;-1. The molecule has 2 aromatic carbocycles. The molecule has 0 aliphatic carbocycles. The largest absolute Gasteiger partial charge is 1.00 e. The molecule has 0 aliphatic heterocycles. The Hall–Kier alpha value is -1.11. The van der Waals surface area contributed by atoms with Gasteiger partial charge in [0.2, 0.25) is 0 Å². The maximum absolute atomic E-state index is 11.1. The van der Waals surface area contributed by atoms with Crippen molar-refractivity contribution in [3.05, 3.63) is 54.6 Å². The zero-order valence-corrected chi connectivity index (χ0v) is 13.7. The van der Waals surface area contributed by atoms with E-state index in [4.69, 9.17) is 4.55 Å². The zero-order valence-electron chi connectivity index (χ0n) is 11.9. The average molecular weight is 297 g/mol. The number of H-pyrrole nitrogens is 1. The Labute approximate surface area is 140 Å². The molecule has 1 aromatic heterocycles. The second-order valence-electron chi connectivity index (χ2n) is 4.27. The Kier molecular flexibility index (Phi) is 4.36. The number of hydrogen-bond acceptors (Lipinski definition) is 2. The van der Waals surface area contributed by atoms with E-state index in [1.807, 2.05) is 36.4 Å². The average Bonchev–Trinajstić information content (AvgIpc) is 2.81. The van der Waals surface area contributed by atoms with Crippen LogP contribution in [-0.4, -0.2) is 18.0 Å². The molecule has 0 saturated carbocycles. The predicted octanol–water partition coefficient (Wildman–Crippen LogP) is 0.198. The molecule has 1 heterocycles. The summed E-state index contributed by atoms with van der Waals surface area (Å²) in [5.74, 6) is 0. The molecule has 0 aliphatic rings. The summed E-state index contributed by atoms with van der Waals surface area (Å²) >= 11 is 0. The molecule has 3 aromatic rings. The number of aromatic nitrogens is 1. The number of aromatic amines is 1. The first-order valence-corrected chi connectivity index (χ1v) is 7.14. The van der Waals surface area contributed by atoms with Gasteiger partial charge in [-0.1, -0.05) is 30.3 Å². The van der Waals surface area contributed by atoms with E-state index in [9.17, 15) is 8.42 Å². The van der Waals surface area contributed by atoms with Crippen molar-refractivity contribution in [2.45, 2.75) is 4.90 Å². The number of rotatable bonds is 2. The van der Waals surface area contributed by atoms with E-state index in [1.54, 1.807) is 6.07 Å². The summed E-state index contributed by atoms with van der Waals surface area (Å²) < 4.78 is 31.2. The van der Waals surface area contributed by atoms with Crippen LogP contribution in [-0.2, 0) is 10.1 Å². The maximum atomic E-state index is 11.1. The number of hydrogen-bond donors (Lipinski definition) is 2. The summed E-state index contributed by atoms with van der Waals surface area (Å²) in [6.45, 7) is 0. The van der Waals surface area contributed by atoms with Gasteiger partial charge in [-0.2, -0.15) is 8.42 Å². The quantitative estimate of drug-likeness (QED) is 0.524. The van der Waals surface area contributed by atoms with Crippen molar-refractivity contribution in [2.75, 3.05) is 0 Å². The van der Waals surface area contributed by atoms with E-state index in [-0.39, 0.29) is 35.9 Å². The third-order valence-electron chi connectivity index (χ3n) is 2.97. The molecule has 0 fully saturated rings. The molecule has 0 bridgehead atoms. The van der Waals surface area contributed by atoms with Gasteiger partial charge in [0, 0.05) is 16.6 Å². The van der Waals surface area contributed by atoms with Gasteiger partial charge in [0.15, 0.2) is 0 Å². The van der Waals surface area contributed by atoms with Crippen LogP contribution < -0.4 is 29.6 Å². The Balaban J connectivity index is 0.00000110. The van der Waals surface area contributed by atoms with Crippen molar-refractivity contribution < 1.29 is 44.0 Å². The molecule has 4 nitrogen and oxygen atoms in total. The van der Waals surface area contributed by atoms with Crippen LogP contribution in [0, 0.1) is 0 Å². The molecule has 20 heavy (non-hydrogen) atoms. The second-order valence-corrected chi connectivity index (χ2v) is 5.69. The van der Waals surface area contributed by atoms with Gasteiger partial charge in [0.05, 0.1) is 4.90 Å². The van der Waals surface area contributed by atoms with E-state index in [0.717, 1.165) is 22.2 Å². The van der Waals surface area contributed by atoms with Crippen LogP contribution >= 0.6 is 0 Å². The van der Waals surface area contributed by atoms with Crippen molar-refractivity contribution in [1.29, 1.82) is 0 Å². The van der Waals surface area contributed by atoms with Gasteiger partial charge >= 0.3 is 29.6 Å². The Morgan fingerprint density at radius 1 is 1.00 bits per heavy atom. The van der Waals surface area contributed by atoms with Crippen molar-refractivity contribution in [1.82, 2.24) is 4.98 Å². The van der Waals surface area contributed by atoms with Crippen molar-refractivity contribution in [2.24, 2.45) is 0 Å². The molecule has 0 spiro atoms. The number of nitrogens with one attached hydrogen (secondary N) is 1. The van der Waals surface area contributed by atoms with E-state index >= 15 is 0 Å². The summed E-state index contributed by atoms with van der Waals surface area (Å²) in [4.78, 5) is 3.12. The maximum Gasteiger partial charge on any atom is 1.00 e. The summed E-state index contributed by atoms with van der Waals surface area (Å²) in [7, 11) is -4.16. The first-order chi connectivity index (χ1) is 9.04. The van der Waals surface area contributed by atoms with Crippen molar-refractivity contribution in [3.8, 4) is 11.3 Å². The molecule has 0 saturated heterocycles. The van der Waals surface area contributed by atoms with Crippen LogP contribution in [0.4, 0.5) is 0 Å². The van der Waals surface area contributed by atoms with Gasteiger partial charge in [-0.15, -0.1) is 0 Å². The van der Waals surface area contributed by atoms with Gasteiger partial charge in [-0.25, -0.2) is 0 Å². The van der Waals surface area contributed by atoms with Crippen LogP contribution in [0.2, 0.25) is 0 Å². The van der Waals surface area contributed by atoms with Crippen molar-refractivity contribution in [3.63, 3.8) is 0 Å². The first kappa shape index (κ1) is 15.3. The Bertz CT molecular complexity index is 847. The van der Waals surface area contributed by atoms with E-state index in [0.29, 0.717) is 0 Å². The van der Waals surface area contributed by atoms with Gasteiger partial charge < -0.3 is 6.41 Å². The minimum absolute atomic E-state index is 0. The van der Waals surface area contributed by atoms with Gasteiger partial charge in [0.25, 0.3) is 10.1 Å². The Morgan fingerprint density at radius 2 is 1.70 bits per heavy atom. The fourth-order valence-corrected chi connectivity index (χ4v) is 2.56. The summed E-state index contributed by atoms with van der Waals surface area (Å²) in [6.07, 6.45) is 0. The molecule has 0 atom stereocenters. The molecule has 98 valence electrons.